The summed E-state index contributed by atoms with van der Waals surface area (Å²) >= 11 is 6.59. The molecule has 30 heavy (non-hydrogen) atoms. The van der Waals surface area contributed by atoms with E-state index in [0.29, 0.717) is 27.6 Å². The minimum atomic E-state index is -0.658. The highest BCUT2D eigenvalue weighted by molar-refractivity contribution is 9.12. The molecular weight excluding hydrogens is 518 g/mol. The number of carbonyl (C=O) groups excluding carboxylic acids is 4. The van der Waals surface area contributed by atoms with Gasteiger partial charge in [-0.3, -0.25) is 24.5 Å². The summed E-state index contributed by atoms with van der Waals surface area (Å²) in [5, 5.41) is 13.0. The van der Waals surface area contributed by atoms with Crippen LogP contribution in [0.4, 0.5) is 0 Å². The zero-order chi connectivity index (χ0) is 21.3. The third kappa shape index (κ3) is 2.73. The normalized spacial score (nSPS) is 30.3. The van der Waals surface area contributed by atoms with Gasteiger partial charge in [-0.2, -0.15) is 0 Å². The van der Waals surface area contributed by atoms with Crippen LogP contribution < -0.4 is 5.32 Å². The Morgan fingerprint density at radius 3 is 2.57 bits per heavy atom. The van der Waals surface area contributed by atoms with E-state index >= 15 is 0 Å². The van der Waals surface area contributed by atoms with Gasteiger partial charge in [0.05, 0.1) is 16.3 Å². The number of halogens is 2. The number of amides is 2. The summed E-state index contributed by atoms with van der Waals surface area (Å²) in [5.74, 6) is -3.35. The molecule has 1 aliphatic heterocycles. The van der Waals surface area contributed by atoms with Gasteiger partial charge in [-0.25, -0.2) is 0 Å². The van der Waals surface area contributed by atoms with Gasteiger partial charge in [0.1, 0.15) is 5.75 Å². The lowest BCUT2D eigenvalue weighted by Crippen LogP contribution is -2.39. The predicted octanol–water partition coefficient (Wildman–Crippen LogP) is 3.20. The summed E-state index contributed by atoms with van der Waals surface area (Å²) in [5.41, 5.74) is 1.97. The number of phenolic OH excluding ortho intramolecular Hbond substituents is 1. The fourth-order valence-electron chi connectivity index (χ4n) is 5.23. The number of rotatable bonds is 1. The Morgan fingerprint density at radius 2 is 1.80 bits per heavy atom. The van der Waals surface area contributed by atoms with Crippen molar-refractivity contribution in [2.45, 2.75) is 18.8 Å². The second-order valence-electron chi connectivity index (χ2n) is 7.95. The number of fused-ring (bicyclic) bond motifs is 3. The van der Waals surface area contributed by atoms with Gasteiger partial charge in [0.15, 0.2) is 11.6 Å². The van der Waals surface area contributed by atoms with Gasteiger partial charge in [-0.15, -0.1) is 0 Å². The van der Waals surface area contributed by atoms with Crippen molar-refractivity contribution in [3.8, 4) is 5.75 Å². The summed E-state index contributed by atoms with van der Waals surface area (Å²) in [6.45, 7) is 0. The fraction of sp³-hybridized carbons (Fsp3) is 0.273. The van der Waals surface area contributed by atoms with E-state index in [1.165, 1.54) is 12.1 Å². The molecule has 0 bridgehead atoms. The van der Waals surface area contributed by atoms with Crippen molar-refractivity contribution in [2.75, 3.05) is 0 Å². The average molecular weight is 533 g/mol. The Hall–Kier alpha value is -2.32. The van der Waals surface area contributed by atoms with Crippen molar-refractivity contribution >= 4 is 55.2 Å². The highest BCUT2D eigenvalue weighted by Crippen LogP contribution is 2.55. The van der Waals surface area contributed by atoms with Gasteiger partial charge in [0.2, 0.25) is 11.8 Å². The van der Waals surface area contributed by atoms with Crippen LogP contribution in [-0.4, -0.2) is 28.5 Å². The van der Waals surface area contributed by atoms with Crippen molar-refractivity contribution in [1.82, 2.24) is 5.32 Å². The predicted molar refractivity (Wildman–Crippen MR) is 114 cm³/mol. The van der Waals surface area contributed by atoms with Gasteiger partial charge < -0.3 is 5.11 Å². The van der Waals surface area contributed by atoms with E-state index in [2.05, 4.69) is 37.2 Å². The first-order valence-corrected chi connectivity index (χ1v) is 11.1. The molecule has 2 N–H and O–H groups in total. The third-order valence-corrected chi connectivity index (χ3v) is 7.56. The van der Waals surface area contributed by atoms with Gasteiger partial charge in [0.25, 0.3) is 0 Å². The number of hydrogen-bond donors (Lipinski definition) is 2. The molecule has 0 saturated carbocycles. The van der Waals surface area contributed by atoms with Crippen molar-refractivity contribution < 1.29 is 24.3 Å². The lowest BCUT2D eigenvalue weighted by atomic mass is 9.59. The molecule has 4 atom stereocenters. The first kappa shape index (κ1) is 19.6. The van der Waals surface area contributed by atoms with Crippen molar-refractivity contribution in [1.29, 1.82) is 0 Å². The first-order chi connectivity index (χ1) is 14.3. The molecule has 4 unspecified atom stereocenters. The Bertz CT molecular complexity index is 1160. The van der Waals surface area contributed by atoms with Crippen molar-refractivity contribution in [3.05, 3.63) is 61.6 Å². The fourth-order valence-corrected chi connectivity index (χ4v) is 6.06. The summed E-state index contributed by atoms with van der Waals surface area (Å²) in [6, 6.07) is 4.94. The number of carbonyl (C=O) groups is 4. The SMILES string of the molecule is O=C1C=C(Br)C(=O)C2=C1C(c1cc(Br)ccc1O)C1=CCC3C(=O)NC(=O)C3C1C2. The van der Waals surface area contributed by atoms with Crippen LogP contribution in [-0.2, 0) is 19.2 Å². The zero-order valence-corrected chi connectivity index (χ0v) is 18.6. The number of aromatic hydroxyl groups is 1. The number of nitrogens with one attached hydrogen (secondary N) is 1. The molecule has 1 aromatic carbocycles. The maximum atomic E-state index is 13.0. The molecule has 8 heteroatoms. The van der Waals surface area contributed by atoms with Crippen LogP contribution in [0.25, 0.3) is 0 Å². The van der Waals surface area contributed by atoms with E-state index in [-0.39, 0.29) is 40.0 Å². The molecular formula is C22H15Br2NO5. The molecule has 1 aromatic rings. The zero-order valence-electron chi connectivity index (χ0n) is 15.4. The van der Waals surface area contributed by atoms with E-state index in [1.54, 1.807) is 12.1 Å². The highest BCUT2D eigenvalue weighted by Gasteiger charge is 2.53. The smallest absolute Gasteiger partial charge is 0.231 e. The maximum absolute atomic E-state index is 13.0. The molecule has 1 heterocycles. The van der Waals surface area contributed by atoms with Crippen LogP contribution in [0.5, 0.6) is 5.75 Å². The van der Waals surface area contributed by atoms with Gasteiger partial charge in [0, 0.05) is 33.2 Å². The summed E-state index contributed by atoms with van der Waals surface area (Å²) in [6.07, 6.45) is 3.76. The van der Waals surface area contributed by atoms with Crippen LogP contribution in [0.15, 0.2) is 56.0 Å². The van der Waals surface area contributed by atoms with Gasteiger partial charge in [-0.1, -0.05) is 27.6 Å². The number of Topliss-reactive ketones (excluding diaryl/α,β-unsaturated/α-hetero) is 1. The van der Waals surface area contributed by atoms with Crippen LogP contribution >= 0.6 is 31.9 Å². The summed E-state index contributed by atoms with van der Waals surface area (Å²) in [7, 11) is 0. The topological polar surface area (TPSA) is 101 Å². The number of imide groups is 1. The lowest BCUT2D eigenvalue weighted by Gasteiger charge is -2.42. The molecule has 3 aliphatic carbocycles. The van der Waals surface area contributed by atoms with E-state index in [9.17, 15) is 24.3 Å². The molecule has 0 aromatic heterocycles. The molecule has 152 valence electrons. The second-order valence-corrected chi connectivity index (χ2v) is 9.72. The standard InChI is InChI=1S/C22H15Br2NO5/c23-8-1-4-15(26)12(5-8)17-9-2-3-10-18(22(30)25-21(10)29)11(9)6-13-19(17)16(27)7-14(24)20(13)28/h1-2,4-5,7,10-11,17-18,26H,3,6H2,(H,25,29,30). The van der Waals surface area contributed by atoms with E-state index in [1.807, 2.05) is 6.08 Å². The Balaban J connectivity index is 1.75. The third-order valence-electron chi connectivity index (χ3n) is 6.47. The molecule has 1 fully saturated rings. The maximum Gasteiger partial charge on any atom is 0.231 e. The largest absolute Gasteiger partial charge is 0.508 e. The quantitative estimate of drug-likeness (QED) is 0.328. The second kappa shape index (κ2) is 6.85. The molecule has 1 saturated heterocycles. The van der Waals surface area contributed by atoms with E-state index in [4.69, 9.17) is 0 Å². The van der Waals surface area contributed by atoms with Gasteiger partial charge in [-0.05, 0) is 52.9 Å². The minimum absolute atomic E-state index is 0.000425. The number of allylic oxidation sites excluding steroid dienone is 6. The van der Waals surface area contributed by atoms with Crippen LogP contribution in [0.3, 0.4) is 0 Å². The lowest BCUT2D eigenvalue weighted by molar-refractivity contribution is -0.126. The molecule has 0 radical (unpaired) electrons. The van der Waals surface area contributed by atoms with Crippen molar-refractivity contribution in [2.24, 2.45) is 17.8 Å². The first-order valence-electron chi connectivity index (χ1n) is 9.50. The number of hydrogen-bond acceptors (Lipinski definition) is 5. The monoisotopic (exact) mass is 531 g/mol. The summed E-state index contributed by atoms with van der Waals surface area (Å²) < 4.78 is 0.893. The molecule has 0 spiro atoms. The number of ketones is 2. The van der Waals surface area contributed by atoms with Gasteiger partial charge >= 0.3 is 0 Å². The molecule has 6 nitrogen and oxygen atoms in total. The minimum Gasteiger partial charge on any atom is -0.508 e. The summed E-state index contributed by atoms with van der Waals surface area (Å²) in [4.78, 5) is 50.8. The Morgan fingerprint density at radius 1 is 1.03 bits per heavy atom. The Kier molecular flexibility index (Phi) is 4.48. The van der Waals surface area contributed by atoms with Crippen LogP contribution in [0, 0.1) is 17.8 Å². The Labute approximate surface area is 188 Å². The number of benzene rings is 1. The van der Waals surface area contributed by atoms with E-state index in [0.717, 1.165) is 5.57 Å². The van der Waals surface area contributed by atoms with Crippen LogP contribution in [0.2, 0.25) is 0 Å². The molecule has 5 rings (SSSR count). The highest BCUT2D eigenvalue weighted by atomic mass is 79.9. The molecule has 2 amide bonds. The van der Waals surface area contributed by atoms with Crippen molar-refractivity contribution in [3.63, 3.8) is 0 Å². The molecule has 4 aliphatic rings. The van der Waals surface area contributed by atoms with E-state index < -0.39 is 23.7 Å². The van der Waals surface area contributed by atoms with Crippen LogP contribution in [0.1, 0.15) is 24.3 Å². The average Bonchev–Trinajstić information content (AvgIpc) is 3.00. The number of phenols is 1.